The Bertz CT molecular complexity index is 613. The summed E-state index contributed by atoms with van der Waals surface area (Å²) in [4.78, 5) is 4.22. The van der Waals surface area contributed by atoms with Gasteiger partial charge < -0.3 is 9.84 Å². The number of thiazole rings is 1. The van der Waals surface area contributed by atoms with E-state index in [4.69, 9.17) is 4.74 Å². The van der Waals surface area contributed by atoms with E-state index < -0.39 is 0 Å². The van der Waals surface area contributed by atoms with Gasteiger partial charge in [-0.1, -0.05) is 0 Å². The molecule has 0 fully saturated rings. The van der Waals surface area contributed by atoms with E-state index >= 15 is 0 Å². The molecule has 2 aromatic rings. The molecule has 1 heterocycles. The fourth-order valence-electron chi connectivity index (χ4n) is 1.39. The summed E-state index contributed by atoms with van der Waals surface area (Å²) in [5.41, 5.74) is 4.52. The first-order valence-electron chi connectivity index (χ1n) is 5.38. The maximum Gasteiger partial charge on any atom is 0.203 e. The molecule has 19 heavy (non-hydrogen) atoms. The van der Waals surface area contributed by atoms with Crippen LogP contribution in [0.4, 0.5) is 5.13 Å². The second-order valence-corrected chi connectivity index (χ2v) is 5.33. The summed E-state index contributed by atoms with van der Waals surface area (Å²) in [6.07, 6.45) is 1.60. The summed E-state index contributed by atoms with van der Waals surface area (Å²) < 4.78 is 5.54. The van der Waals surface area contributed by atoms with Gasteiger partial charge in [0.1, 0.15) is 0 Å². The van der Waals surface area contributed by atoms with E-state index in [0.29, 0.717) is 10.2 Å². The van der Waals surface area contributed by atoms with Crippen molar-refractivity contribution in [2.24, 2.45) is 5.10 Å². The average Bonchev–Trinajstić information content (AvgIpc) is 2.81. The number of anilines is 1. The van der Waals surface area contributed by atoms with E-state index in [1.165, 1.54) is 18.4 Å². The van der Waals surface area contributed by atoms with Crippen molar-refractivity contribution in [2.75, 3.05) is 12.5 Å². The van der Waals surface area contributed by atoms with Crippen molar-refractivity contribution in [2.45, 2.75) is 6.92 Å². The number of phenols is 1. The molecule has 0 saturated carbocycles. The number of halogens is 1. The number of nitrogens with one attached hydrogen (secondary N) is 1. The van der Waals surface area contributed by atoms with Gasteiger partial charge in [0.2, 0.25) is 5.13 Å². The van der Waals surface area contributed by atoms with Gasteiger partial charge in [-0.05, 0) is 35.0 Å². The van der Waals surface area contributed by atoms with Gasteiger partial charge in [0, 0.05) is 10.9 Å². The molecule has 0 amide bonds. The first kappa shape index (κ1) is 13.8. The molecule has 1 aromatic heterocycles. The van der Waals surface area contributed by atoms with E-state index in [2.05, 4.69) is 31.4 Å². The zero-order valence-corrected chi connectivity index (χ0v) is 12.7. The van der Waals surface area contributed by atoms with Gasteiger partial charge in [-0.25, -0.2) is 4.98 Å². The first-order chi connectivity index (χ1) is 9.11. The van der Waals surface area contributed by atoms with Crippen LogP contribution in [0, 0.1) is 6.92 Å². The summed E-state index contributed by atoms with van der Waals surface area (Å²) >= 11 is 4.78. The normalized spacial score (nSPS) is 10.9. The average molecular weight is 342 g/mol. The number of hydrogen-bond donors (Lipinski definition) is 2. The molecule has 0 bridgehead atoms. The molecule has 1 aromatic carbocycles. The van der Waals surface area contributed by atoms with Crippen LogP contribution in [0.2, 0.25) is 0 Å². The minimum atomic E-state index is 0.0524. The summed E-state index contributed by atoms with van der Waals surface area (Å²) in [6.45, 7) is 1.92. The van der Waals surface area contributed by atoms with Crippen LogP contribution in [0.1, 0.15) is 11.3 Å². The van der Waals surface area contributed by atoms with Gasteiger partial charge in [-0.2, -0.15) is 5.10 Å². The van der Waals surface area contributed by atoms with Crippen LogP contribution in [-0.2, 0) is 0 Å². The first-order valence-corrected chi connectivity index (χ1v) is 7.05. The Kier molecular flexibility index (Phi) is 4.39. The van der Waals surface area contributed by atoms with E-state index in [1.54, 1.807) is 18.3 Å². The third-order valence-corrected chi connectivity index (χ3v) is 4.01. The number of methoxy groups -OCH3 is 1. The lowest BCUT2D eigenvalue weighted by molar-refractivity contribution is 0.372. The zero-order valence-electron chi connectivity index (χ0n) is 10.3. The molecule has 5 nitrogen and oxygen atoms in total. The number of hydrogen-bond acceptors (Lipinski definition) is 6. The van der Waals surface area contributed by atoms with Crippen LogP contribution in [0.3, 0.4) is 0 Å². The number of nitrogens with zero attached hydrogens (tertiary/aromatic N) is 2. The van der Waals surface area contributed by atoms with E-state index in [-0.39, 0.29) is 5.75 Å². The van der Waals surface area contributed by atoms with Crippen molar-refractivity contribution in [3.63, 3.8) is 0 Å². The van der Waals surface area contributed by atoms with Crippen molar-refractivity contribution in [1.82, 2.24) is 4.98 Å². The fraction of sp³-hybridized carbons (Fsp3) is 0.167. The number of aromatic hydroxyl groups is 1. The third kappa shape index (κ3) is 3.24. The lowest BCUT2D eigenvalue weighted by Gasteiger charge is -2.06. The van der Waals surface area contributed by atoms with Gasteiger partial charge in [0.15, 0.2) is 11.5 Å². The Morgan fingerprint density at radius 3 is 2.95 bits per heavy atom. The van der Waals surface area contributed by atoms with Crippen LogP contribution >= 0.6 is 27.3 Å². The Hall–Kier alpha value is -1.60. The third-order valence-electron chi connectivity index (χ3n) is 2.31. The number of benzene rings is 1. The number of ether oxygens (including phenoxy) is 1. The smallest absolute Gasteiger partial charge is 0.203 e. The molecular formula is C12H12BrN3O2S. The van der Waals surface area contributed by atoms with Crippen LogP contribution in [0.5, 0.6) is 11.5 Å². The van der Waals surface area contributed by atoms with E-state index in [9.17, 15) is 5.11 Å². The van der Waals surface area contributed by atoms with Gasteiger partial charge in [0.05, 0.1) is 23.5 Å². The Balaban J connectivity index is 2.13. The molecule has 100 valence electrons. The SMILES string of the molecule is COc1ccc(/C=N\Nc2nc(C)cs2)c(Br)c1O. The van der Waals surface area contributed by atoms with Crippen molar-refractivity contribution in [3.8, 4) is 11.5 Å². The predicted molar refractivity (Wildman–Crippen MR) is 80.4 cm³/mol. The quantitative estimate of drug-likeness (QED) is 0.660. The second kappa shape index (κ2) is 6.03. The van der Waals surface area contributed by atoms with Gasteiger partial charge in [-0.3, -0.25) is 5.43 Å². The Labute approximate surface area is 123 Å². The van der Waals surface area contributed by atoms with Gasteiger partial charge in [0.25, 0.3) is 0 Å². The van der Waals surface area contributed by atoms with Gasteiger partial charge >= 0.3 is 0 Å². The highest BCUT2D eigenvalue weighted by molar-refractivity contribution is 9.10. The van der Waals surface area contributed by atoms with Gasteiger partial charge in [-0.15, -0.1) is 11.3 Å². The molecule has 0 radical (unpaired) electrons. The summed E-state index contributed by atoms with van der Waals surface area (Å²) in [6, 6.07) is 3.47. The highest BCUT2D eigenvalue weighted by atomic mass is 79.9. The van der Waals surface area contributed by atoms with E-state index in [1.807, 2.05) is 12.3 Å². The number of aryl methyl sites for hydroxylation is 1. The van der Waals surface area contributed by atoms with Crippen LogP contribution in [-0.4, -0.2) is 23.4 Å². The minimum Gasteiger partial charge on any atom is -0.503 e. The molecule has 0 spiro atoms. The maximum atomic E-state index is 9.83. The standard InChI is InChI=1S/C12H12BrN3O2S/c1-7-6-19-12(15-7)16-14-5-8-3-4-9(18-2)11(17)10(8)13/h3-6,17H,1-2H3,(H,15,16)/b14-5-. The Morgan fingerprint density at radius 1 is 1.53 bits per heavy atom. The monoisotopic (exact) mass is 341 g/mol. The molecule has 0 unspecified atom stereocenters. The lowest BCUT2D eigenvalue weighted by atomic mass is 10.2. The van der Waals surface area contributed by atoms with E-state index in [0.717, 1.165) is 16.4 Å². The molecule has 0 saturated heterocycles. The van der Waals surface area contributed by atoms with Crippen molar-refractivity contribution in [3.05, 3.63) is 33.2 Å². The number of hydrazone groups is 1. The van der Waals surface area contributed by atoms with Crippen LogP contribution in [0.25, 0.3) is 0 Å². The summed E-state index contributed by atoms with van der Waals surface area (Å²) in [7, 11) is 1.50. The number of phenolic OH excluding ortho intramolecular Hbond substituents is 1. The predicted octanol–water partition coefficient (Wildman–Crippen LogP) is 3.37. The highest BCUT2D eigenvalue weighted by Gasteiger charge is 2.09. The van der Waals surface area contributed by atoms with Crippen LogP contribution in [0.15, 0.2) is 27.1 Å². The Morgan fingerprint density at radius 2 is 2.32 bits per heavy atom. The molecule has 2 rings (SSSR count). The minimum absolute atomic E-state index is 0.0524. The van der Waals surface area contributed by atoms with Crippen molar-refractivity contribution >= 4 is 38.6 Å². The maximum absolute atomic E-state index is 9.83. The summed E-state index contributed by atoms with van der Waals surface area (Å²) in [5.74, 6) is 0.462. The molecular weight excluding hydrogens is 330 g/mol. The highest BCUT2D eigenvalue weighted by Crippen LogP contribution is 2.35. The summed E-state index contributed by atoms with van der Waals surface area (Å²) in [5, 5.41) is 16.6. The lowest BCUT2D eigenvalue weighted by Crippen LogP contribution is -1.92. The molecule has 0 aliphatic carbocycles. The number of aromatic nitrogens is 1. The molecule has 2 N–H and O–H groups in total. The second-order valence-electron chi connectivity index (χ2n) is 3.68. The van der Waals surface area contributed by atoms with Crippen molar-refractivity contribution < 1.29 is 9.84 Å². The van der Waals surface area contributed by atoms with Crippen molar-refractivity contribution in [1.29, 1.82) is 0 Å². The molecule has 0 atom stereocenters. The molecule has 0 aliphatic heterocycles. The molecule has 7 heteroatoms. The number of rotatable bonds is 4. The largest absolute Gasteiger partial charge is 0.503 e. The van der Waals surface area contributed by atoms with Crippen LogP contribution < -0.4 is 10.2 Å². The molecule has 0 aliphatic rings. The fourth-order valence-corrected chi connectivity index (χ4v) is 2.46. The topological polar surface area (TPSA) is 66.7 Å². The zero-order chi connectivity index (χ0) is 13.8.